The Morgan fingerprint density at radius 2 is 2.21 bits per heavy atom. The van der Waals surface area contributed by atoms with Gasteiger partial charge in [-0.05, 0) is 30.3 Å². The summed E-state index contributed by atoms with van der Waals surface area (Å²) in [5.41, 5.74) is 0.976. The Balaban J connectivity index is 2.39. The van der Waals surface area contributed by atoms with Crippen molar-refractivity contribution in [2.75, 3.05) is 5.84 Å². The lowest BCUT2D eigenvalue weighted by Crippen LogP contribution is -2.13. The van der Waals surface area contributed by atoms with Gasteiger partial charge in [-0.2, -0.15) is 0 Å². The van der Waals surface area contributed by atoms with Crippen LogP contribution >= 0.6 is 11.8 Å². The van der Waals surface area contributed by atoms with E-state index in [-0.39, 0.29) is 5.69 Å². The Morgan fingerprint density at radius 3 is 2.79 bits per heavy atom. The molecule has 0 unspecified atom stereocenters. The lowest BCUT2D eigenvalue weighted by Gasteiger charge is -2.04. The zero-order chi connectivity index (χ0) is 14.0. The highest BCUT2D eigenvalue weighted by molar-refractivity contribution is 7.99. The number of nitro benzene ring substituents is 1. The van der Waals surface area contributed by atoms with Gasteiger partial charge in [-0.15, -0.1) is 10.2 Å². The summed E-state index contributed by atoms with van der Waals surface area (Å²) in [6, 6.07) is 4.92. The van der Waals surface area contributed by atoms with Gasteiger partial charge < -0.3 is 5.84 Å². The van der Waals surface area contributed by atoms with Crippen molar-refractivity contribution in [3.05, 3.63) is 39.7 Å². The van der Waals surface area contributed by atoms with Crippen LogP contribution in [0.2, 0.25) is 0 Å². The number of nitrogens with two attached hydrogens (primary N) is 1. The van der Waals surface area contributed by atoms with Gasteiger partial charge in [-0.1, -0.05) is 13.0 Å². The monoisotopic (exact) mass is 279 g/mol. The Morgan fingerprint density at radius 1 is 1.47 bits per heavy atom. The standard InChI is InChI=1S/C11H13N5O2S/c1-3-10-13-14-11(15(10)12)19-9-6-7(2)4-5-8(9)16(17)18/h4-6H,3,12H2,1-2H3. The Hall–Kier alpha value is -2.09. The Kier molecular flexibility index (Phi) is 3.70. The molecule has 0 spiro atoms. The quantitative estimate of drug-likeness (QED) is 0.521. The van der Waals surface area contributed by atoms with Crippen molar-refractivity contribution in [3.8, 4) is 0 Å². The fourth-order valence-electron chi connectivity index (χ4n) is 1.57. The van der Waals surface area contributed by atoms with E-state index in [1.807, 2.05) is 13.8 Å². The predicted molar refractivity (Wildman–Crippen MR) is 71.5 cm³/mol. The molecule has 0 aliphatic carbocycles. The van der Waals surface area contributed by atoms with Gasteiger partial charge in [0.1, 0.15) is 0 Å². The average molecular weight is 279 g/mol. The molecule has 0 atom stereocenters. The van der Waals surface area contributed by atoms with Crippen LogP contribution in [0.25, 0.3) is 0 Å². The average Bonchev–Trinajstić information content (AvgIpc) is 2.70. The van der Waals surface area contributed by atoms with E-state index in [9.17, 15) is 10.1 Å². The Bertz CT molecular complexity index is 626. The molecule has 0 aliphatic rings. The van der Waals surface area contributed by atoms with Crippen molar-refractivity contribution >= 4 is 17.4 Å². The van der Waals surface area contributed by atoms with E-state index < -0.39 is 4.92 Å². The predicted octanol–water partition coefficient (Wildman–Crippen LogP) is 1.92. The normalized spacial score (nSPS) is 10.6. The summed E-state index contributed by atoms with van der Waals surface area (Å²) in [5.74, 6) is 6.46. The number of aromatic nitrogens is 3. The summed E-state index contributed by atoms with van der Waals surface area (Å²) < 4.78 is 1.36. The zero-order valence-electron chi connectivity index (χ0n) is 10.5. The van der Waals surface area contributed by atoms with Gasteiger partial charge >= 0.3 is 0 Å². The van der Waals surface area contributed by atoms with Crippen molar-refractivity contribution in [3.63, 3.8) is 0 Å². The van der Waals surface area contributed by atoms with E-state index in [0.717, 1.165) is 17.3 Å². The number of nitro groups is 1. The summed E-state index contributed by atoms with van der Waals surface area (Å²) in [4.78, 5) is 11.1. The van der Waals surface area contributed by atoms with Crippen LogP contribution in [-0.2, 0) is 6.42 Å². The second kappa shape index (κ2) is 5.27. The van der Waals surface area contributed by atoms with Gasteiger partial charge in [0.15, 0.2) is 5.82 Å². The number of aryl methyl sites for hydroxylation is 2. The molecule has 1 heterocycles. The number of rotatable bonds is 4. The second-order valence-corrected chi connectivity index (χ2v) is 4.96. The molecule has 1 aromatic carbocycles. The van der Waals surface area contributed by atoms with Crippen LogP contribution in [0.15, 0.2) is 28.3 Å². The smallest absolute Gasteiger partial charge is 0.283 e. The molecule has 7 nitrogen and oxygen atoms in total. The van der Waals surface area contributed by atoms with E-state index >= 15 is 0 Å². The molecular formula is C11H13N5O2S. The van der Waals surface area contributed by atoms with E-state index in [1.165, 1.54) is 10.7 Å². The Labute approximate surface area is 113 Å². The minimum absolute atomic E-state index is 0.0386. The summed E-state index contributed by atoms with van der Waals surface area (Å²) in [6.07, 6.45) is 0.653. The summed E-state index contributed by atoms with van der Waals surface area (Å²) >= 11 is 1.14. The van der Waals surface area contributed by atoms with Crippen molar-refractivity contribution < 1.29 is 4.92 Å². The number of nitrogen functional groups attached to an aromatic ring is 1. The molecule has 19 heavy (non-hydrogen) atoms. The van der Waals surface area contributed by atoms with Crippen molar-refractivity contribution in [1.29, 1.82) is 0 Å². The molecule has 2 aromatic rings. The molecule has 2 N–H and O–H groups in total. The van der Waals surface area contributed by atoms with Gasteiger partial charge in [0.25, 0.3) is 5.69 Å². The molecule has 0 saturated carbocycles. The van der Waals surface area contributed by atoms with Crippen molar-refractivity contribution in [2.45, 2.75) is 30.3 Å². The van der Waals surface area contributed by atoms with E-state index in [1.54, 1.807) is 12.1 Å². The van der Waals surface area contributed by atoms with Crippen molar-refractivity contribution in [2.24, 2.45) is 0 Å². The molecule has 2 rings (SSSR count). The van der Waals surface area contributed by atoms with Crippen LogP contribution in [0.4, 0.5) is 5.69 Å². The van der Waals surface area contributed by atoms with Crippen LogP contribution in [0.5, 0.6) is 0 Å². The number of nitrogens with zero attached hydrogens (tertiary/aromatic N) is 4. The third-order valence-corrected chi connectivity index (χ3v) is 3.57. The molecule has 0 aliphatic heterocycles. The maximum absolute atomic E-state index is 11.0. The van der Waals surface area contributed by atoms with Crippen LogP contribution < -0.4 is 5.84 Å². The molecule has 0 saturated heterocycles. The van der Waals surface area contributed by atoms with Gasteiger partial charge in [-0.3, -0.25) is 10.1 Å². The summed E-state index contributed by atoms with van der Waals surface area (Å²) in [5, 5.41) is 19.3. The maximum atomic E-state index is 11.0. The van der Waals surface area contributed by atoms with E-state index in [0.29, 0.717) is 22.3 Å². The number of benzene rings is 1. The SMILES string of the molecule is CCc1nnc(Sc2cc(C)ccc2[N+](=O)[O-])n1N. The third kappa shape index (κ3) is 2.68. The van der Waals surface area contributed by atoms with Crippen LogP contribution in [0.3, 0.4) is 0 Å². The lowest BCUT2D eigenvalue weighted by molar-refractivity contribution is -0.387. The van der Waals surface area contributed by atoms with Gasteiger partial charge in [-0.25, -0.2) is 4.68 Å². The summed E-state index contributed by atoms with van der Waals surface area (Å²) in [6.45, 7) is 3.79. The molecule has 1 aromatic heterocycles. The number of hydrogen-bond donors (Lipinski definition) is 1. The van der Waals surface area contributed by atoms with Gasteiger partial charge in [0.05, 0.1) is 9.82 Å². The lowest BCUT2D eigenvalue weighted by atomic mass is 10.2. The third-order valence-electron chi connectivity index (χ3n) is 2.56. The van der Waals surface area contributed by atoms with Gasteiger partial charge in [0.2, 0.25) is 5.16 Å². The zero-order valence-corrected chi connectivity index (χ0v) is 11.3. The highest BCUT2D eigenvalue weighted by Gasteiger charge is 2.18. The molecule has 8 heteroatoms. The van der Waals surface area contributed by atoms with Crippen LogP contribution in [-0.4, -0.2) is 19.8 Å². The molecular weight excluding hydrogens is 266 g/mol. The highest BCUT2D eigenvalue weighted by atomic mass is 32.2. The second-order valence-electron chi connectivity index (χ2n) is 3.95. The fraction of sp³-hybridized carbons (Fsp3) is 0.273. The minimum Gasteiger partial charge on any atom is -0.336 e. The molecule has 0 radical (unpaired) electrons. The van der Waals surface area contributed by atoms with Crippen molar-refractivity contribution in [1.82, 2.24) is 14.9 Å². The molecule has 0 amide bonds. The largest absolute Gasteiger partial charge is 0.336 e. The first-order valence-electron chi connectivity index (χ1n) is 5.65. The molecule has 100 valence electrons. The number of hydrogen-bond acceptors (Lipinski definition) is 6. The highest BCUT2D eigenvalue weighted by Crippen LogP contribution is 2.34. The molecule has 0 fully saturated rings. The topological polar surface area (TPSA) is 99.9 Å². The van der Waals surface area contributed by atoms with E-state index in [4.69, 9.17) is 5.84 Å². The first-order chi connectivity index (χ1) is 9.02. The fourth-order valence-corrected chi connectivity index (χ4v) is 2.54. The minimum atomic E-state index is -0.417. The summed E-state index contributed by atoms with van der Waals surface area (Å²) in [7, 11) is 0. The van der Waals surface area contributed by atoms with Crippen LogP contribution in [0.1, 0.15) is 18.3 Å². The van der Waals surface area contributed by atoms with Gasteiger partial charge in [0, 0.05) is 12.5 Å². The van der Waals surface area contributed by atoms with Crippen LogP contribution in [0, 0.1) is 17.0 Å². The maximum Gasteiger partial charge on any atom is 0.283 e. The van der Waals surface area contributed by atoms with E-state index in [2.05, 4.69) is 10.2 Å². The first-order valence-corrected chi connectivity index (χ1v) is 6.46. The molecule has 0 bridgehead atoms. The first kappa shape index (κ1) is 13.3.